The third-order valence-corrected chi connectivity index (χ3v) is 3.97. The van der Waals surface area contributed by atoms with Crippen molar-refractivity contribution in [3.63, 3.8) is 0 Å². The quantitative estimate of drug-likeness (QED) is 0.578. The molecule has 0 aromatic heterocycles. The Balaban J connectivity index is 2.36. The Bertz CT molecular complexity index is 296. The summed E-state index contributed by atoms with van der Waals surface area (Å²) in [7, 11) is -3.33. The lowest BCUT2D eigenvalue weighted by Crippen LogP contribution is -2.42. The van der Waals surface area contributed by atoms with E-state index in [1.807, 2.05) is 0 Å². The third-order valence-electron chi connectivity index (χ3n) is 2.66. The highest BCUT2D eigenvalue weighted by atomic mass is 32.2. The normalized spacial score (nSPS) is 19.5. The number of rotatable bonds is 7. The molecule has 0 unspecified atom stereocenters. The molecule has 90 valence electrons. The van der Waals surface area contributed by atoms with Crippen molar-refractivity contribution < 1.29 is 8.42 Å². The molecular formula is C9H21N3O2S. The molecule has 1 fully saturated rings. The second-order valence-electron chi connectivity index (χ2n) is 4.64. The summed E-state index contributed by atoms with van der Waals surface area (Å²) < 4.78 is 28.0. The van der Waals surface area contributed by atoms with Crippen LogP contribution >= 0.6 is 0 Å². The molecule has 0 bridgehead atoms. The molecule has 0 aliphatic heterocycles. The third kappa shape index (κ3) is 4.46. The molecule has 0 saturated heterocycles. The van der Waals surface area contributed by atoms with Gasteiger partial charge in [-0.15, -0.1) is 0 Å². The fourth-order valence-electron chi connectivity index (χ4n) is 1.60. The topological polar surface area (TPSA) is 84.2 Å². The van der Waals surface area contributed by atoms with E-state index in [2.05, 4.69) is 9.44 Å². The van der Waals surface area contributed by atoms with Crippen molar-refractivity contribution in [3.8, 4) is 0 Å². The van der Waals surface area contributed by atoms with Gasteiger partial charge >= 0.3 is 0 Å². The van der Waals surface area contributed by atoms with Gasteiger partial charge in [0.15, 0.2) is 0 Å². The van der Waals surface area contributed by atoms with Crippen LogP contribution in [-0.2, 0) is 10.2 Å². The van der Waals surface area contributed by atoms with E-state index >= 15 is 0 Å². The lowest BCUT2D eigenvalue weighted by Gasteiger charge is -2.16. The van der Waals surface area contributed by atoms with Gasteiger partial charge in [-0.05, 0) is 45.1 Å². The molecule has 0 amide bonds. The van der Waals surface area contributed by atoms with Crippen LogP contribution in [0.2, 0.25) is 0 Å². The van der Waals surface area contributed by atoms with Gasteiger partial charge in [-0.2, -0.15) is 13.1 Å². The molecule has 1 aliphatic rings. The lowest BCUT2D eigenvalue weighted by molar-refractivity contribution is 0.457. The highest BCUT2D eigenvalue weighted by molar-refractivity contribution is 7.87. The molecule has 0 atom stereocenters. The first-order chi connectivity index (χ1) is 6.89. The van der Waals surface area contributed by atoms with Gasteiger partial charge in [-0.25, -0.2) is 4.72 Å². The van der Waals surface area contributed by atoms with E-state index in [9.17, 15) is 8.42 Å². The van der Waals surface area contributed by atoms with Crippen LogP contribution in [0.15, 0.2) is 0 Å². The maximum atomic E-state index is 11.5. The van der Waals surface area contributed by atoms with E-state index in [-0.39, 0.29) is 11.5 Å². The molecule has 1 saturated carbocycles. The summed E-state index contributed by atoms with van der Waals surface area (Å²) in [5.41, 5.74) is 5.62. The second-order valence-corrected chi connectivity index (χ2v) is 6.17. The van der Waals surface area contributed by atoms with Crippen LogP contribution < -0.4 is 15.2 Å². The Morgan fingerprint density at radius 3 is 2.40 bits per heavy atom. The largest absolute Gasteiger partial charge is 0.330 e. The predicted molar refractivity (Wildman–Crippen MR) is 60.5 cm³/mol. The summed E-state index contributed by atoms with van der Waals surface area (Å²) in [5, 5.41) is 0. The summed E-state index contributed by atoms with van der Waals surface area (Å²) >= 11 is 0. The minimum atomic E-state index is -3.33. The molecule has 5 nitrogen and oxygen atoms in total. The molecular weight excluding hydrogens is 214 g/mol. The van der Waals surface area contributed by atoms with Crippen LogP contribution in [0.4, 0.5) is 0 Å². The highest BCUT2D eigenvalue weighted by Crippen LogP contribution is 2.47. The van der Waals surface area contributed by atoms with Crippen LogP contribution in [0.25, 0.3) is 0 Å². The number of hydrogen-bond donors (Lipinski definition) is 3. The Hall–Kier alpha value is -0.170. The summed E-state index contributed by atoms with van der Waals surface area (Å²) in [4.78, 5) is 0. The highest BCUT2D eigenvalue weighted by Gasteiger charge is 2.42. The summed E-state index contributed by atoms with van der Waals surface area (Å²) in [6.07, 6.45) is 3.06. The zero-order chi connectivity index (χ0) is 11.5. The SMILES string of the molecule is CC(C)NS(=O)(=O)NCC1(CCN)CC1. The molecule has 4 N–H and O–H groups in total. The van der Waals surface area contributed by atoms with E-state index in [1.165, 1.54) is 0 Å². The monoisotopic (exact) mass is 235 g/mol. The predicted octanol–water partition coefficient (Wildman–Crippen LogP) is -0.0522. The smallest absolute Gasteiger partial charge is 0.277 e. The minimum absolute atomic E-state index is 0.0767. The van der Waals surface area contributed by atoms with E-state index in [0.717, 1.165) is 19.3 Å². The standard InChI is InChI=1S/C9H21N3O2S/c1-8(2)12-15(13,14)11-7-9(3-4-9)5-6-10/h8,11-12H,3-7,10H2,1-2H3. The van der Waals surface area contributed by atoms with Crippen LogP contribution in [-0.4, -0.2) is 27.5 Å². The van der Waals surface area contributed by atoms with Gasteiger partial charge < -0.3 is 5.73 Å². The molecule has 0 aromatic carbocycles. The number of nitrogens with one attached hydrogen (secondary N) is 2. The summed E-state index contributed by atoms with van der Waals surface area (Å²) in [5.74, 6) is 0. The Morgan fingerprint density at radius 2 is 2.00 bits per heavy atom. The van der Waals surface area contributed by atoms with Crippen LogP contribution in [0, 0.1) is 5.41 Å². The molecule has 15 heavy (non-hydrogen) atoms. The number of nitrogens with two attached hydrogens (primary N) is 1. The van der Waals surface area contributed by atoms with Crippen LogP contribution in [0.3, 0.4) is 0 Å². The molecule has 6 heteroatoms. The van der Waals surface area contributed by atoms with Gasteiger partial charge in [0.05, 0.1) is 0 Å². The molecule has 0 heterocycles. The fourth-order valence-corrected chi connectivity index (χ4v) is 2.80. The minimum Gasteiger partial charge on any atom is -0.330 e. The number of hydrogen-bond acceptors (Lipinski definition) is 3. The molecule has 0 radical (unpaired) electrons. The van der Waals surface area contributed by atoms with Crippen molar-refractivity contribution in [3.05, 3.63) is 0 Å². The van der Waals surface area contributed by atoms with E-state index in [0.29, 0.717) is 13.1 Å². The molecule has 1 aliphatic carbocycles. The van der Waals surface area contributed by atoms with Crippen molar-refractivity contribution in [2.75, 3.05) is 13.1 Å². The van der Waals surface area contributed by atoms with Gasteiger partial charge in [0.25, 0.3) is 10.2 Å². The first-order valence-corrected chi connectivity index (χ1v) is 6.84. The molecule has 0 spiro atoms. The lowest BCUT2D eigenvalue weighted by atomic mass is 10.0. The summed E-state index contributed by atoms with van der Waals surface area (Å²) in [6.45, 7) is 4.73. The van der Waals surface area contributed by atoms with E-state index < -0.39 is 10.2 Å². The Kier molecular flexibility index (Phi) is 4.11. The van der Waals surface area contributed by atoms with Gasteiger partial charge in [-0.1, -0.05) is 0 Å². The zero-order valence-corrected chi connectivity index (χ0v) is 10.2. The first-order valence-electron chi connectivity index (χ1n) is 5.36. The Morgan fingerprint density at radius 1 is 1.40 bits per heavy atom. The van der Waals surface area contributed by atoms with Gasteiger partial charge in [0.2, 0.25) is 0 Å². The average molecular weight is 235 g/mol. The summed E-state index contributed by atoms with van der Waals surface area (Å²) in [6, 6.07) is -0.0767. The molecule has 0 aromatic rings. The first kappa shape index (κ1) is 12.9. The maximum absolute atomic E-state index is 11.5. The van der Waals surface area contributed by atoms with E-state index in [4.69, 9.17) is 5.73 Å². The zero-order valence-electron chi connectivity index (χ0n) is 9.41. The van der Waals surface area contributed by atoms with Crippen molar-refractivity contribution in [1.82, 2.24) is 9.44 Å². The van der Waals surface area contributed by atoms with Crippen LogP contribution in [0.1, 0.15) is 33.1 Å². The van der Waals surface area contributed by atoms with Crippen molar-refractivity contribution in [2.24, 2.45) is 11.1 Å². The fraction of sp³-hybridized carbons (Fsp3) is 1.00. The van der Waals surface area contributed by atoms with Crippen molar-refractivity contribution in [1.29, 1.82) is 0 Å². The maximum Gasteiger partial charge on any atom is 0.277 e. The van der Waals surface area contributed by atoms with Crippen LogP contribution in [0.5, 0.6) is 0 Å². The van der Waals surface area contributed by atoms with Gasteiger partial charge in [0, 0.05) is 12.6 Å². The van der Waals surface area contributed by atoms with Crippen molar-refractivity contribution >= 4 is 10.2 Å². The Labute approximate surface area is 92.0 Å². The van der Waals surface area contributed by atoms with Gasteiger partial charge in [-0.3, -0.25) is 0 Å². The van der Waals surface area contributed by atoms with Crippen molar-refractivity contribution in [2.45, 2.75) is 39.2 Å². The average Bonchev–Trinajstić information content (AvgIpc) is 2.81. The second kappa shape index (κ2) is 4.78. The molecule has 1 rings (SSSR count). The van der Waals surface area contributed by atoms with Gasteiger partial charge in [0.1, 0.15) is 0 Å². The van der Waals surface area contributed by atoms with E-state index in [1.54, 1.807) is 13.8 Å².